The van der Waals surface area contributed by atoms with Gasteiger partial charge >= 0.3 is 0 Å². The van der Waals surface area contributed by atoms with E-state index in [4.69, 9.17) is 32.7 Å². The van der Waals surface area contributed by atoms with Gasteiger partial charge in [-0.05, 0) is 60.5 Å². The van der Waals surface area contributed by atoms with Gasteiger partial charge in [-0.2, -0.15) is 0 Å². The largest absolute Gasteiger partial charge is 0.496 e. The molecule has 192 valence electrons. The molecule has 0 saturated heterocycles. The van der Waals surface area contributed by atoms with Gasteiger partial charge in [-0.3, -0.25) is 0 Å². The van der Waals surface area contributed by atoms with E-state index in [1.165, 1.54) is 11.1 Å². The van der Waals surface area contributed by atoms with E-state index < -0.39 is 12.2 Å². The molecule has 0 aliphatic heterocycles. The molecule has 0 spiro atoms. The third-order valence-corrected chi connectivity index (χ3v) is 7.92. The number of aliphatic hydroxyl groups is 2. The predicted molar refractivity (Wildman–Crippen MR) is 144 cm³/mol. The van der Waals surface area contributed by atoms with Crippen molar-refractivity contribution < 1.29 is 19.7 Å². The zero-order valence-electron chi connectivity index (χ0n) is 20.9. The number of halogens is 2. The summed E-state index contributed by atoms with van der Waals surface area (Å²) in [4.78, 5) is 0. The highest BCUT2D eigenvalue weighted by molar-refractivity contribution is 6.18. The number of benzene rings is 1. The van der Waals surface area contributed by atoms with Gasteiger partial charge < -0.3 is 19.7 Å². The summed E-state index contributed by atoms with van der Waals surface area (Å²) in [6.07, 6.45) is 9.96. The Balaban J connectivity index is 1.89. The van der Waals surface area contributed by atoms with E-state index in [0.717, 1.165) is 36.4 Å². The minimum atomic E-state index is -0.688. The van der Waals surface area contributed by atoms with Crippen molar-refractivity contribution in [2.75, 3.05) is 25.0 Å². The van der Waals surface area contributed by atoms with Crippen LogP contribution in [0.15, 0.2) is 77.3 Å². The fraction of sp³-hybridized carbons (Fsp3) is 0.517. The van der Waals surface area contributed by atoms with Crippen LogP contribution in [0.2, 0.25) is 0 Å². The molecular weight excluding hydrogens is 483 g/mol. The molecule has 0 aromatic heterocycles. The van der Waals surface area contributed by atoms with Crippen LogP contribution in [-0.4, -0.2) is 47.4 Å². The third kappa shape index (κ3) is 6.95. The van der Waals surface area contributed by atoms with Crippen molar-refractivity contribution in [3.63, 3.8) is 0 Å². The summed E-state index contributed by atoms with van der Waals surface area (Å²) in [5, 5.41) is 19.6. The average molecular weight is 522 g/mol. The Morgan fingerprint density at radius 2 is 1.69 bits per heavy atom. The van der Waals surface area contributed by atoms with Crippen molar-refractivity contribution in [3.05, 3.63) is 82.9 Å². The molecule has 3 rings (SSSR count). The van der Waals surface area contributed by atoms with E-state index in [0.29, 0.717) is 5.92 Å². The van der Waals surface area contributed by atoms with Gasteiger partial charge in [0.05, 0.1) is 17.5 Å². The zero-order chi connectivity index (χ0) is 25.4. The SMILES string of the molecule is CC1=C(OCC(O)CCl)C=CC(C(C)(c2ccccc2)C2CCC(OCC(O)CCl)=CC2C)=CC1. The zero-order valence-corrected chi connectivity index (χ0v) is 22.4. The highest BCUT2D eigenvalue weighted by Crippen LogP contribution is 2.49. The molecule has 5 atom stereocenters. The summed E-state index contributed by atoms with van der Waals surface area (Å²) >= 11 is 11.5. The third-order valence-electron chi connectivity index (χ3n) is 7.21. The molecule has 4 nitrogen and oxygen atoms in total. The molecule has 2 N–H and O–H groups in total. The summed E-state index contributed by atoms with van der Waals surface area (Å²) in [5.41, 5.74) is 3.44. The van der Waals surface area contributed by atoms with Crippen LogP contribution in [0.1, 0.15) is 45.6 Å². The Morgan fingerprint density at radius 3 is 2.31 bits per heavy atom. The summed E-state index contributed by atoms with van der Waals surface area (Å²) in [6, 6.07) is 10.7. The summed E-state index contributed by atoms with van der Waals surface area (Å²) in [6.45, 7) is 7.06. The monoisotopic (exact) mass is 520 g/mol. The fourth-order valence-corrected chi connectivity index (χ4v) is 5.32. The highest BCUT2D eigenvalue weighted by Gasteiger charge is 2.42. The second-order valence-electron chi connectivity index (χ2n) is 9.79. The summed E-state index contributed by atoms with van der Waals surface area (Å²) in [7, 11) is 0. The number of aliphatic hydroxyl groups excluding tert-OH is 2. The lowest BCUT2D eigenvalue weighted by Gasteiger charge is -2.44. The van der Waals surface area contributed by atoms with Gasteiger partial charge in [0.15, 0.2) is 0 Å². The van der Waals surface area contributed by atoms with Gasteiger partial charge in [-0.1, -0.05) is 56.3 Å². The normalized spacial score (nSPS) is 24.1. The van der Waals surface area contributed by atoms with E-state index in [9.17, 15) is 10.2 Å². The van der Waals surface area contributed by atoms with Crippen LogP contribution in [0.25, 0.3) is 0 Å². The first-order chi connectivity index (χ1) is 16.8. The van der Waals surface area contributed by atoms with Crippen molar-refractivity contribution >= 4 is 23.2 Å². The van der Waals surface area contributed by atoms with Gasteiger partial charge in [0.1, 0.15) is 31.2 Å². The van der Waals surface area contributed by atoms with Crippen LogP contribution in [0, 0.1) is 11.8 Å². The quantitative estimate of drug-likeness (QED) is 0.337. The molecule has 2 aliphatic carbocycles. The van der Waals surface area contributed by atoms with Crippen molar-refractivity contribution in [2.45, 2.75) is 57.7 Å². The summed E-state index contributed by atoms with van der Waals surface area (Å²) < 4.78 is 11.8. The van der Waals surface area contributed by atoms with Gasteiger partial charge in [0.25, 0.3) is 0 Å². The number of hydrogen-bond donors (Lipinski definition) is 2. The van der Waals surface area contributed by atoms with E-state index in [1.807, 2.05) is 6.08 Å². The van der Waals surface area contributed by atoms with E-state index in [2.05, 4.69) is 69.3 Å². The van der Waals surface area contributed by atoms with E-state index in [1.54, 1.807) is 0 Å². The minimum absolute atomic E-state index is 0.148. The molecule has 35 heavy (non-hydrogen) atoms. The molecule has 0 radical (unpaired) electrons. The molecule has 5 unspecified atom stereocenters. The Labute approximate surface area is 219 Å². The van der Waals surface area contributed by atoms with Crippen LogP contribution < -0.4 is 0 Å². The molecule has 1 aromatic carbocycles. The van der Waals surface area contributed by atoms with Crippen LogP contribution in [0.4, 0.5) is 0 Å². The first-order valence-corrected chi connectivity index (χ1v) is 13.4. The van der Waals surface area contributed by atoms with E-state index in [-0.39, 0.29) is 36.3 Å². The maximum absolute atomic E-state index is 9.83. The Morgan fingerprint density at radius 1 is 1.03 bits per heavy atom. The molecule has 0 amide bonds. The Bertz CT molecular complexity index is 953. The molecule has 0 saturated carbocycles. The molecule has 6 heteroatoms. The second-order valence-corrected chi connectivity index (χ2v) is 10.4. The standard InChI is InChI=1S/C29H38Cl2O4/c1-20-9-10-23(11-14-28(20)35-19-25(33)17-31)29(3,22-7-5-4-6-8-22)27-13-12-26(15-21(27)2)34-18-24(32)16-30/h4-8,10-11,14-15,21,24-25,27,32-33H,9,12-13,16-19H2,1-3H3. The lowest BCUT2D eigenvalue weighted by atomic mass is 9.60. The average Bonchev–Trinajstić information content (AvgIpc) is 3.07. The molecule has 0 heterocycles. The summed E-state index contributed by atoms with van der Waals surface area (Å²) in [5.74, 6) is 2.67. The van der Waals surface area contributed by atoms with Crippen molar-refractivity contribution in [1.82, 2.24) is 0 Å². The number of hydrogen-bond acceptors (Lipinski definition) is 4. The highest BCUT2D eigenvalue weighted by atomic mass is 35.5. The van der Waals surface area contributed by atoms with Crippen LogP contribution in [0.3, 0.4) is 0 Å². The lowest BCUT2D eigenvalue weighted by molar-refractivity contribution is 0.0737. The van der Waals surface area contributed by atoms with Gasteiger partial charge in [-0.15, -0.1) is 23.2 Å². The number of allylic oxidation sites excluding steroid dienone is 7. The van der Waals surface area contributed by atoms with Crippen LogP contribution >= 0.6 is 23.2 Å². The number of ether oxygens (including phenoxy) is 2. The molecule has 2 aliphatic rings. The Hall–Kier alpha value is -1.72. The first-order valence-electron chi connectivity index (χ1n) is 12.4. The van der Waals surface area contributed by atoms with Crippen LogP contribution in [0.5, 0.6) is 0 Å². The number of rotatable bonds is 11. The first kappa shape index (κ1) is 27.9. The maximum Gasteiger partial charge on any atom is 0.118 e. The molecule has 0 bridgehead atoms. The molecular formula is C29H38Cl2O4. The van der Waals surface area contributed by atoms with Gasteiger partial charge in [-0.25, -0.2) is 0 Å². The number of alkyl halides is 2. The maximum atomic E-state index is 9.83. The second kappa shape index (κ2) is 13.0. The Kier molecular flexibility index (Phi) is 10.4. The van der Waals surface area contributed by atoms with Crippen LogP contribution in [-0.2, 0) is 14.9 Å². The lowest BCUT2D eigenvalue weighted by Crippen LogP contribution is -2.39. The van der Waals surface area contributed by atoms with Gasteiger partial charge in [0, 0.05) is 11.8 Å². The van der Waals surface area contributed by atoms with Crippen molar-refractivity contribution in [1.29, 1.82) is 0 Å². The molecule has 0 fully saturated rings. The van der Waals surface area contributed by atoms with Gasteiger partial charge in [0.2, 0.25) is 0 Å². The smallest absolute Gasteiger partial charge is 0.118 e. The van der Waals surface area contributed by atoms with Crippen molar-refractivity contribution in [3.8, 4) is 0 Å². The minimum Gasteiger partial charge on any atom is -0.496 e. The van der Waals surface area contributed by atoms with E-state index >= 15 is 0 Å². The predicted octanol–water partition coefficient (Wildman–Crippen LogP) is 6.27. The van der Waals surface area contributed by atoms with Crippen molar-refractivity contribution in [2.24, 2.45) is 11.8 Å². The molecule has 1 aromatic rings. The topological polar surface area (TPSA) is 58.9 Å². The fourth-order valence-electron chi connectivity index (χ4n) is 5.14.